The van der Waals surface area contributed by atoms with Crippen LogP contribution in [0.1, 0.15) is 52.9 Å². The first-order valence-electron chi connectivity index (χ1n) is 10.1. The van der Waals surface area contributed by atoms with E-state index in [0.29, 0.717) is 12.8 Å². The second-order valence-electron chi connectivity index (χ2n) is 9.61. The lowest BCUT2D eigenvalue weighted by atomic mass is 9.45. The summed E-state index contributed by atoms with van der Waals surface area (Å²) in [4.78, 5) is 24.4. The van der Waals surface area contributed by atoms with Gasteiger partial charge in [0, 0.05) is 16.7 Å². The van der Waals surface area contributed by atoms with Crippen LogP contribution in [0.4, 0.5) is 0 Å². The van der Waals surface area contributed by atoms with Gasteiger partial charge in [0.15, 0.2) is 11.6 Å². The zero-order valence-corrected chi connectivity index (χ0v) is 16.4. The number of carbonyl (C=O) groups excluding carboxylic acids is 2. The second kappa shape index (κ2) is 5.85. The molecule has 7 atom stereocenters. The second-order valence-corrected chi connectivity index (χ2v) is 9.61. The minimum absolute atomic E-state index is 0.0218. The van der Waals surface area contributed by atoms with Crippen molar-refractivity contribution in [1.29, 1.82) is 0 Å². The normalized spacial score (nSPS) is 48.9. The Kier molecular flexibility index (Phi) is 4.12. The summed E-state index contributed by atoms with van der Waals surface area (Å²) in [6, 6.07) is 0. The number of aliphatic hydroxyl groups excluding tert-OH is 2. The first kappa shape index (κ1) is 19.0. The molecule has 0 aliphatic heterocycles. The number of fused-ring (bicyclic) bond motifs is 5. The summed E-state index contributed by atoms with van der Waals surface area (Å²) < 4.78 is 0. The van der Waals surface area contributed by atoms with Crippen LogP contribution in [-0.2, 0) is 9.59 Å². The van der Waals surface area contributed by atoms with E-state index < -0.39 is 29.5 Å². The zero-order chi connectivity index (χ0) is 19.8. The molecule has 3 saturated carbocycles. The van der Waals surface area contributed by atoms with Crippen LogP contribution in [0.15, 0.2) is 23.3 Å². The van der Waals surface area contributed by atoms with Crippen molar-refractivity contribution in [3.8, 4) is 0 Å². The molecule has 0 heterocycles. The van der Waals surface area contributed by atoms with E-state index in [0.717, 1.165) is 30.4 Å². The summed E-state index contributed by atoms with van der Waals surface area (Å²) in [6.07, 6.45) is 5.83. The zero-order valence-electron chi connectivity index (χ0n) is 16.4. The Labute approximate surface area is 160 Å². The van der Waals surface area contributed by atoms with E-state index in [9.17, 15) is 24.9 Å². The summed E-state index contributed by atoms with van der Waals surface area (Å²) in [7, 11) is 0. The van der Waals surface area contributed by atoms with E-state index >= 15 is 0 Å². The van der Waals surface area contributed by atoms with E-state index in [-0.39, 0.29) is 29.0 Å². The predicted molar refractivity (Wildman–Crippen MR) is 99.7 cm³/mol. The lowest BCUT2D eigenvalue weighted by Gasteiger charge is -2.60. The Morgan fingerprint density at radius 1 is 1.26 bits per heavy atom. The third-order valence-corrected chi connectivity index (χ3v) is 8.79. The number of hydrogen-bond acceptors (Lipinski definition) is 5. The average molecular weight is 374 g/mol. The molecule has 4 aliphatic rings. The molecule has 3 N–H and O–H groups in total. The van der Waals surface area contributed by atoms with Crippen LogP contribution in [0.2, 0.25) is 0 Å². The van der Waals surface area contributed by atoms with Gasteiger partial charge in [-0.25, -0.2) is 0 Å². The van der Waals surface area contributed by atoms with Gasteiger partial charge in [-0.2, -0.15) is 0 Å². The molecule has 3 fully saturated rings. The molecule has 0 radical (unpaired) electrons. The molecule has 5 nitrogen and oxygen atoms in total. The Morgan fingerprint density at radius 3 is 2.63 bits per heavy atom. The van der Waals surface area contributed by atoms with Gasteiger partial charge >= 0.3 is 0 Å². The maximum absolute atomic E-state index is 12.4. The van der Waals surface area contributed by atoms with Gasteiger partial charge in [0.1, 0.15) is 12.2 Å². The third kappa shape index (κ3) is 2.22. The van der Waals surface area contributed by atoms with Crippen molar-refractivity contribution in [1.82, 2.24) is 0 Å². The van der Waals surface area contributed by atoms with Crippen LogP contribution < -0.4 is 0 Å². The maximum Gasteiger partial charge on any atom is 0.190 e. The van der Waals surface area contributed by atoms with Gasteiger partial charge in [-0.1, -0.05) is 25.0 Å². The van der Waals surface area contributed by atoms with Crippen molar-refractivity contribution >= 4 is 11.6 Å². The molecular weight excluding hydrogens is 344 g/mol. The minimum atomic E-state index is -1.57. The number of Topliss-reactive ketones (excluding diaryl/α,β-unsaturated/α-hetero) is 1. The average Bonchev–Trinajstić information content (AvgIpc) is 2.87. The van der Waals surface area contributed by atoms with Crippen molar-refractivity contribution in [2.75, 3.05) is 6.61 Å². The Bertz CT molecular complexity index is 767. The summed E-state index contributed by atoms with van der Waals surface area (Å²) in [5, 5.41) is 31.9. The van der Waals surface area contributed by atoms with E-state index in [1.54, 1.807) is 12.2 Å². The number of allylic oxidation sites excluding steroid dienone is 4. The largest absolute Gasteiger partial charge is 0.393 e. The van der Waals surface area contributed by atoms with Crippen molar-refractivity contribution in [2.24, 2.45) is 28.6 Å². The molecule has 0 unspecified atom stereocenters. The molecular formula is C22H30O5. The number of hydrogen-bond donors (Lipinski definition) is 3. The lowest BCUT2D eigenvalue weighted by molar-refractivity contribution is -0.179. The fraction of sp³-hybridized carbons (Fsp3) is 0.727. The molecule has 148 valence electrons. The SMILES string of the molecule is CC1=CC(=O)C=C2CC[C@H]3[C@@H]([C@@H](O)C[C@@]4(C)[C@H]3CC[C@]4(O)C(=O)CO)[C@@]12C. The number of carbonyl (C=O) groups is 2. The van der Waals surface area contributed by atoms with Gasteiger partial charge in [0.25, 0.3) is 0 Å². The first-order valence-corrected chi connectivity index (χ1v) is 10.1. The van der Waals surface area contributed by atoms with Crippen LogP contribution in [0.25, 0.3) is 0 Å². The highest BCUT2D eigenvalue weighted by Gasteiger charge is 2.68. The number of aliphatic hydroxyl groups is 3. The molecule has 0 bridgehead atoms. The van der Waals surface area contributed by atoms with E-state index in [1.165, 1.54) is 0 Å². The quantitative estimate of drug-likeness (QED) is 0.687. The number of ketones is 2. The molecule has 0 saturated heterocycles. The Balaban J connectivity index is 1.77. The monoisotopic (exact) mass is 374 g/mol. The fourth-order valence-corrected chi connectivity index (χ4v) is 7.27. The predicted octanol–water partition coefficient (Wildman–Crippen LogP) is 1.95. The van der Waals surface area contributed by atoms with Gasteiger partial charge in [0.2, 0.25) is 0 Å². The highest BCUT2D eigenvalue weighted by molar-refractivity contribution is 6.02. The Hall–Kier alpha value is -1.30. The van der Waals surface area contributed by atoms with Crippen molar-refractivity contribution < 1.29 is 24.9 Å². The maximum atomic E-state index is 12.4. The van der Waals surface area contributed by atoms with Crippen LogP contribution in [0.5, 0.6) is 0 Å². The molecule has 0 aromatic heterocycles. The van der Waals surface area contributed by atoms with E-state index in [4.69, 9.17) is 0 Å². The van der Waals surface area contributed by atoms with Gasteiger partial charge in [-0.15, -0.1) is 0 Å². The number of rotatable bonds is 2. The fourth-order valence-electron chi connectivity index (χ4n) is 7.27. The van der Waals surface area contributed by atoms with Crippen molar-refractivity contribution in [3.05, 3.63) is 23.3 Å². The molecule has 4 rings (SSSR count). The minimum Gasteiger partial charge on any atom is -0.393 e. The van der Waals surface area contributed by atoms with Crippen LogP contribution >= 0.6 is 0 Å². The van der Waals surface area contributed by atoms with E-state index in [2.05, 4.69) is 6.92 Å². The van der Waals surface area contributed by atoms with Gasteiger partial charge < -0.3 is 15.3 Å². The van der Waals surface area contributed by atoms with Crippen LogP contribution in [-0.4, -0.2) is 45.2 Å². The molecule has 0 spiro atoms. The Morgan fingerprint density at radius 2 is 1.96 bits per heavy atom. The van der Waals surface area contributed by atoms with E-state index in [1.807, 2.05) is 13.8 Å². The third-order valence-electron chi connectivity index (χ3n) is 8.79. The van der Waals surface area contributed by atoms with Gasteiger partial charge in [-0.3, -0.25) is 9.59 Å². The summed E-state index contributed by atoms with van der Waals surface area (Å²) in [5.74, 6) is -0.225. The smallest absolute Gasteiger partial charge is 0.190 e. The molecule has 4 aliphatic carbocycles. The van der Waals surface area contributed by atoms with Crippen molar-refractivity contribution in [2.45, 2.75) is 64.6 Å². The standard InChI is InChI=1S/C22H30O5/c1-12-8-14(24)9-13-4-5-15-16-6-7-22(27,18(26)11-23)20(16,2)10-17(25)19(15)21(12,13)3/h8-9,15-17,19,23,25,27H,4-7,10-11H2,1-3H3/t15-,16+,17+,19+,20+,21+,22+/m1/s1. The molecule has 0 aromatic rings. The topological polar surface area (TPSA) is 94.8 Å². The van der Waals surface area contributed by atoms with Crippen LogP contribution in [0.3, 0.4) is 0 Å². The highest BCUT2D eigenvalue weighted by Crippen LogP contribution is 2.67. The summed E-state index contributed by atoms with van der Waals surface area (Å²) >= 11 is 0. The van der Waals surface area contributed by atoms with Gasteiger partial charge in [-0.05, 0) is 63.0 Å². The van der Waals surface area contributed by atoms with Crippen molar-refractivity contribution in [3.63, 3.8) is 0 Å². The van der Waals surface area contributed by atoms with Gasteiger partial charge in [0.05, 0.1) is 6.10 Å². The molecule has 0 amide bonds. The summed E-state index contributed by atoms with van der Waals surface area (Å²) in [6.45, 7) is 5.37. The van der Waals surface area contributed by atoms with Crippen LogP contribution in [0, 0.1) is 28.6 Å². The molecule has 5 heteroatoms. The molecule has 27 heavy (non-hydrogen) atoms. The molecule has 0 aromatic carbocycles. The highest BCUT2D eigenvalue weighted by atomic mass is 16.3. The summed E-state index contributed by atoms with van der Waals surface area (Å²) in [5.41, 5.74) is -0.534. The lowest BCUT2D eigenvalue weighted by Crippen LogP contribution is -2.62. The first-order chi connectivity index (χ1) is 12.6.